The van der Waals surface area contributed by atoms with Gasteiger partial charge in [-0.2, -0.15) is 9.50 Å². The number of nitrogens with zero attached hydrogens (tertiary/aromatic N) is 7. The molecule has 267 valence electrons. The molecule has 5 heterocycles. The maximum atomic E-state index is 13.5. The third kappa shape index (κ3) is 9.35. The van der Waals surface area contributed by atoms with Crippen LogP contribution in [-0.4, -0.2) is 202 Å². The van der Waals surface area contributed by atoms with Crippen LogP contribution in [0.5, 0.6) is 11.5 Å². The summed E-state index contributed by atoms with van der Waals surface area (Å²) in [6.45, 7) is 1.12. The van der Waals surface area contributed by atoms with Gasteiger partial charge in [0.2, 0.25) is 0 Å². The van der Waals surface area contributed by atoms with Crippen molar-refractivity contribution in [2.75, 3.05) is 17.2 Å². The minimum Gasteiger partial charge on any atom is -0.504 e. The number of thiazole rings is 1. The molecule has 2 amide bonds. The molecule has 0 saturated carbocycles. The van der Waals surface area contributed by atoms with E-state index in [-0.39, 0.29) is 128 Å². The number of oxime groups is 1. The van der Waals surface area contributed by atoms with Gasteiger partial charge in [-0.25, -0.2) is 24.4 Å². The van der Waals surface area contributed by atoms with E-state index < -0.39 is 76.3 Å². The molecule has 0 unspecified atom stereocenters. The molecule has 54 heavy (non-hydrogen) atoms. The van der Waals surface area contributed by atoms with Gasteiger partial charge in [0.1, 0.15) is 34.4 Å². The number of aromatic nitrogens is 5. The van der Waals surface area contributed by atoms with Crippen LogP contribution in [0.4, 0.5) is 5.13 Å². The van der Waals surface area contributed by atoms with Gasteiger partial charge in [-0.1, -0.05) is 5.16 Å². The van der Waals surface area contributed by atoms with Gasteiger partial charge in [-0.3, -0.25) is 14.5 Å². The quantitative estimate of drug-likeness (QED) is 0.0182. The number of phenolic OH excluding ortho intramolecular Hbond substituents is 2. The first-order chi connectivity index (χ1) is 24.2. The molecule has 2 aliphatic heterocycles. The summed E-state index contributed by atoms with van der Waals surface area (Å²) in [5, 5.41) is 59.8. The Balaban J connectivity index is 0.00000261. The number of carboxylic acid groups (broad SMARTS) is 3. The maximum absolute atomic E-state index is 13.5. The van der Waals surface area contributed by atoms with E-state index in [9.17, 15) is 49.5 Å². The second-order valence-electron chi connectivity index (χ2n) is 10.7. The third-order valence-corrected chi connectivity index (χ3v) is 10.4. The normalized spacial score (nSPS) is 16.3. The molecule has 2 aliphatic rings. The van der Waals surface area contributed by atoms with E-state index in [4.69, 9.17) is 10.6 Å². The Morgan fingerprint density at radius 3 is 2.37 bits per heavy atom. The first-order valence-corrected chi connectivity index (χ1v) is 17.2. The molecule has 8 N–H and O–H groups in total. The van der Waals surface area contributed by atoms with E-state index in [0.29, 0.717) is 16.3 Å². The topological polar surface area (TPSA) is 305 Å². The SMILES string of the molecule is Cc1cc(SCC2=C(C(=O)O)N3C(=O)[C@@H](NC(=O)C(=NOCc4cc(O)c(O)cc4C(=O)O)c4csc(N)n4)[C@H]3SC2)n2nc(C(=O)O)nc2n1.[Na].[Na].[Na]. The number of nitrogen functional groups attached to an aromatic ring is 1. The Bertz CT molecular complexity index is 2230. The molecule has 2 atom stereocenters. The number of anilines is 1. The number of nitrogens with one attached hydrogen (secondary N) is 1. The van der Waals surface area contributed by atoms with Gasteiger partial charge in [0.15, 0.2) is 22.3 Å². The molecular formula is C28H23N9Na3O11S3. The number of hydrogen-bond acceptors (Lipinski definition) is 17. The van der Waals surface area contributed by atoms with Gasteiger partial charge in [0.05, 0.1) is 5.56 Å². The van der Waals surface area contributed by atoms with Crippen LogP contribution < -0.4 is 11.1 Å². The number of rotatable bonds is 12. The largest absolute Gasteiger partial charge is 0.504 e. The number of amides is 2. The van der Waals surface area contributed by atoms with E-state index in [0.717, 1.165) is 40.1 Å². The van der Waals surface area contributed by atoms with Crippen LogP contribution in [0, 0.1) is 6.92 Å². The summed E-state index contributed by atoms with van der Waals surface area (Å²) >= 11 is 3.34. The number of thioether (sulfide) groups is 2. The number of fused-ring (bicyclic) bond motifs is 2. The molecule has 26 heteroatoms. The van der Waals surface area contributed by atoms with Crippen molar-refractivity contribution in [2.24, 2.45) is 5.16 Å². The number of aryl methyl sites for hydroxylation is 1. The number of carboxylic acids is 3. The second-order valence-corrected chi connectivity index (χ2v) is 13.7. The number of aromatic hydroxyl groups is 2. The summed E-state index contributed by atoms with van der Waals surface area (Å²) in [5.41, 5.74) is 5.45. The van der Waals surface area contributed by atoms with E-state index in [1.165, 1.54) is 21.7 Å². The summed E-state index contributed by atoms with van der Waals surface area (Å²) in [4.78, 5) is 80.7. The monoisotopic (exact) mass is 826 g/mol. The predicted molar refractivity (Wildman–Crippen MR) is 195 cm³/mol. The molecule has 20 nitrogen and oxygen atoms in total. The fraction of sp³-hybridized carbons (Fsp3) is 0.214. The van der Waals surface area contributed by atoms with E-state index >= 15 is 0 Å². The van der Waals surface area contributed by atoms with Crippen molar-refractivity contribution in [3.63, 3.8) is 0 Å². The molecule has 0 bridgehead atoms. The molecule has 3 radical (unpaired) electrons. The van der Waals surface area contributed by atoms with E-state index in [1.54, 1.807) is 13.0 Å². The molecule has 0 spiro atoms. The van der Waals surface area contributed by atoms with Gasteiger partial charge in [0.25, 0.3) is 23.4 Å². The van der Waals surface area contributed by atoms with Gasteiger partial charge >= 0.3 is 17.9 Å². The fourth-order valence-corrected chi connectivity index (χ4v) is 8.10. The van der Waals surface area contributed by atoms with Crippen molar-refractivity contribution >= 4 is 170 Å². The van der Waals surface area contributed by atoms with Gasteiger partial charge in [-0.15, -0.1) is 40.0 Å². The maximum Gasteiger partial charge on any atom is 0.375 e. The zero-order valence-electron chi connectivity index (χ0n) is 28.7. The summed E-state index contributed by atoms with van der Waals surface area (Å²) in [5.74, 6) is -7.22. The van der Waals surface area contributed by atoms with Crippen molar-refractivity contribution in [1.29, 1.82) is 0 Å². The molecule has 1 aromatic carbocycles. The number of benzene rings is 1. The zero-order chi connectivity index (χ0) is 36.7. The zero-order valence-corrected chi connectivity index (χ0v) is 37.2. The molecule has 1 fully saturated rings. The minimum absolute atomic E-state index is 0. The minimum atomic E-state index is -1.43. The third-order valence-electron chi connectivity index (χ3n) is 7.32. The summed E-state index contributed by atoms with van der Waals surface area (Å²) in [6, 6.07) is 2.24. The first-order valence-electron chi connectivity index (χ1n) is 14.2. The van der Waals surface area contributed by atoms with Gasteiger partial charge < -0.3 is 41.4 Å². The number of phenols is 2. The first kappa shape index (κ1) is 45.4. The summed E-state index contributed by atoms with van der Waals surface area (Å²) < 4.78 is 1.24. The fourth-order valence-electron chi connectivity index (χ4n) is 5.02. The molecule has 0 aliphatic carbocycles. The number of aliphatic carboxylic acids is 1. The van der Waals surface area contributed by atoms with Crippen LogP contribution in [0.25, 0.3) is 5.78 Å². The number of aromatic carboxylic acids is 2. The Morgan fingerprint density at radius 2 is 1.74 bits per heavy atom. The van der Waals surface area contributed by atoms with Crippen molar-refractivity contribution in [2.45, 2.75) is 30.0 Å². The Morgan fingerprint density at radius 1 is 1.04 bits per heavy atom. The van der Waals surface area contributed by atoms with E-state index in [1.807, 2.05) is 0 Å². The Labute approximate surface area is 381 Å². The summed E-state index contributed by atoms with van der Waals surface area (Å²) in [6.07, 6.45) is 0. The predicted octanol–water partition coefficient (Wildman–Crippen LogP) is -0.412. The number of nitrogens with two attached hydrogens (primary N) is 1. The van der Waals surface area contributed by atoms with Crippen LogP contribution in [0.3, 0.4) is 0 Å². The van der Waals surface area contributed by atoms with Crippen molar-refractivity contribution in [1.82, 2.24) is 34.8 Å². The van der Waals surface area contributed by atoms with Crippen molar-refractivity contribution < 1.29 is 54.3 Å². The van der Waals surface area contributed by atoms with Crippen LogP contribution in [0.1, 0.15) is 37.9 Å². The van der Waals surface area contributed by atoms with Gasteiger partial charge in [-0.05, 0) is 30.7 Å². The Kier molecular flexibility index (Phi) is 15.8. The number of β-lactam (4-membered cyclic amide) rings is 1. The molecule has 3 aromatic heterocycles. The van der Waals surface area contributed by atoms with Crippen molar-refractivity contribution in [3.8, 4) is 11.5 Å². The standard InChI is InChI=1S/C28H23N9O11S3.3Na/c1-9-2-16(37-28(30-9)33-20(34-37)26(46)47)49-6-11-7-50-23-18(22(41)36(23)19(11)25(44)45)32-21(40)17(13-8-51-27(29)31-13)35-48-5-10-3-14(38)15(39)4-12(10)24(42)43;;;/h2-4,8,18,23,38-39H,5-7H2,1H3,(H2,29,31)(H,32,40)(H,42,43)(H,44,45)(H,46,47);;;/t18-,23-;;;/m1.../s1. The van der Waals surface area contributed by atoms with E-state index in [2.05, 4.69) is 30.5 Å². The number of carbonyl (C=O) groups is 5. The molecule has 1 saturated heterocycles. The average Bonchev–Trinajstić information content (AvgIpc) is 3.71. The second kappa shape index (κ2) is 18.8. The molecule has 6 rings (SSSR count). The van der Waals surface area contributed by atoms with Crippen molar-refractivity contribution in [3.05, 3.63) is 63.2 Å². The molecule has 4 aromatic rings. The smallest absolute Gasteiger partial charge is 0.375 e. The molecular weight excluding hydrogens is 804 g/mol. The number of hydrogen-bond donors (Lipinski definition) is 7. The van der Waals surface area contributed by atoms with Gasteiger partial charge in [0, 0.05) is 117 Å². The average molecular weight is 827 g/mol. The number of carbonyl (C=O) groups excluding carboxylic acids is 2. The summed E-state index contributed by atoms with van der Waals surface area (Å²) in [7, 11) is 0. The Hall–Kier alpha value is -2.94. The van der Waals surface area contributed by atoms with Crippen LogP contribution in [0.2, 0.25) is 0 Å². The van der Waals surface area contributed by atoms with Crippen LogP contribution in [-0.2, 0) is 25.8 Å². The van der Waals surface area contributed by atoms with Crippen LogP contribution in [0.15, 0.2) is 45.0 Å². The van der Waals surface area contributed by atoms with Crippen LogP contribution >= 0.6 is 34.9 Å².